The molecule has 1 atom stereocenters. The van der Waals surface area contributed by atoms with Crippen molar-refractivity contribution in [3.8, 4) is 0 Å². The highest BCUT2D eigenvalue weighted by molar-refractivity contribution is 5.77. The maximum absolute atomic E-state index is 12.6. The van der Waals surface area contributed by atoms with Crippen molar-refractivity contribution in [1.29, 1.82) is 0 Å². The van der Waals surface area contributed by atoms with Crippen LogP contribution in [0.25, 0.3) is 10.9 Å². The lowest BCUT2D eigenvalue weighted by Gasteiger charge is -2.26. The van der Waals surface area contributed by atoms with Crippen LogP contribution in [0, 0.1) is 0 Å². The number of fused-ring (bicyclic) bond motifs is 1. The Morgan fingerprint density at radius 3 is 2.91 bits per heavy atom. The Balaban J connectivity index is 1.85. The average Bonchev–Trinajstić information content (AvgIpc) is 3.08. The molecule has 116 valence electrons. The molecule has 1 aliphatic rings. The molecule has 0 saturated carbocycles. The SMILES string of the molecule is Cn1c(C2CCCN2c2ccncn2)nc2ccccc2c1=O. The van der Waals surface area contributed by atoms with Crippen molar-refractivity contribution in [2.75, 3.05) is 11.4 Å². The van der Waals surface area contributed by atoms with E-state index >= 15 is 0 Å². The van der Waals surface area contributed by atoms with Gasteiger partial charge in [-0.25, -0.2) is 15.0 Å². The summed E-state index contributed by atoms with van der Waals surface area (Å²) in [7, 11) is 1.80. The van der Waals surface area contributed by atoms with Crippen LogP contribution in [0.4, 0.5) is 5.82 Å². The van der Waals surface area contributed by atoms with Crippen LogP contribution in [0.2, 0.25) is 0 Å². The van der Waals surface area contributed by atoms with E-state index in [1.54, 1.807) is 24.1 Å². The first-order valence-corrected chi connectivity index (χ1v) is 7.74. The number of para-hydroxylation sites is 1. The number of rotatable bonds is 2. The van der Waals surface area contributed by atoms with Gasteiger partial charge in [0.25, 0.3) is 5.56 Å². The first kappa shape index (κ1) is 13.9. The molecule has 1 fully saturated rings. The molecule has 0 bridgehead atoms. The fraction of sp³-hybridized carbons (Fsp3) is 0.294. The fourth-order valence-corrected chi connectivity index (χ4v) is 3.30. The predicted octanol–water partition coefficient (Wildman–Crippen LogP) is 2.06. The number of nitrogens with zero attached hydrogens (tertiary/aromatic N) is 5. The minimum absolute atomic E-state index is 0.000127. The van der Waals surface area contributed by atoms with Crippen molar-refractivity contribution in [2.45, 2.75) is 18.9 Å². The van der Waals surface area contributed by atoms with Crippen molar-refractivity contribution >= 4 is 16.7 Å². The molecule has 1 aliphatic heterocycles. The molecule has 6 heteroatoms. The number of hydrogen-bond acceptors (Lipinski definition) is 5. The molecular weight excluding hydrogens is 290 g/mol. The lowest BCUT2D eigenvalue weighted by atomic mass is 10.1. The summed E-state index contributed by atoms with van der Waals surface area (Å²) in [5.41, 5.74) is 0.750. The molecular formula is C17H17N5O. The monoisotopic (exact) mass is 307 g/mol. The largest absolute Gasteiger partial charge is 0.346 e. The zero-order chi connectivity index (χ0) is 15.8. The lowest BCUT2D eigenvalue weighted by molar-refractivity contribution is 0.607. The molecule has 23 heavy (non-hydrogen) atoms. The van der Waals surface area contributed by atoms with Crippen LogP contribution in [-0.4, -0.2) is 26.1 Å². The maximum Gasteiger partial charge on any atom is 0.261 e. The summed E-state index contributed by atoms with van der Waals surface area (Å²) in [6.45, 7) is 0.907. The smallest absolute Gasteiger partial charge is 0.261 e. The van der Waals surface area contributed by atoms with Gasteiger partial charge in [-0.2, -0.15) is 0 Å². The Kier molecular flexibility index (Phi) is 3.29. The van der Waals surface area contributed by atoms with Gasteiger partial charge >= 0.3 is 0 Å². The summed E-state index contributed by atoms with van der Waals surface area (Å²) >= 11 is 0. The van der Waals surface area contributed by atoms with Gasteiger partial charge in [0.1, 0.15) is 18.0 Å². The van der Waals surface area contributed by atoms with Gasteiger partial charge < -0.3 is 4.90 Å². The van der Waals surface area contributed by atoms with Crippen molar-refractivity contribution in [3.05, 3.63) is 59.0 Å². The average molecular weight is 307 g/mol. The summed E-state index contributed by atoms with van der Waals surface area (Å²) in [6.07, 6.45) is 5.31. The second-order valence-corrected chi connectivity index (χ2v) is 5.77. The Morgan fingerprint density at radius 1 is 1.22 bits per heavy atom. The lowest BCUT2D eigenvalue weighted by Crippen LogP contribution is -2.31. The molecule has 1 aromatic carbocycles. The molecule has 1 saturated heterocycles. The van der Waals surface area contributed by atoms with Crippen LogP contribution in [0.15, 0.2) is 47.7 Å². The van der Waals surface area contributed by atoms with E-state index in [1.165, 1.54) is 0 Å². The number of benzene rings is 1. The zero-order valence-electron chi connectivity index (χ0n) is 12.9. The second kappa shape index (κ2) is 5.46. The summed E-state index contributed by atoms with van der Waals surface area (Å²) < 4.78 is 1.67. The third-order valence-electron chi connectivity index (χ3n) is 4.43. The highest BCUT2D eigenvalue weighted by Crippen LogP contribution is 2.33. The Hall–Kier alpha value is -2.76. The molecule has 0 aliphatic carbocycles. The quantitative estimate of drug-likeness (QED) is 0.725. The highest BCUT2D eigenvalue weighted by Gasteiger charge is 2.30. The Bertz CT molecular complexity index is 906. The van der Waals surface area contributed by atoms with Crippen LogP contribution in [0.1, 0.15) is 24.7 Å². The topological polar surface area (TPSA) is 63.9 Å². The van der Waals surface area contributed by atoms with Gasteiger partial charge in [0.05, 0.1) is 16.9 Å². The van der Waals surface area contributed by atoms with Gasteiger partial charge in [-0.05, 0) is 31.0 Å². The molecule has 3 heterocycles. The van der Waals surface area contributed by atoms with Crippen molar-refractivity contribution < 1.29 is 0 Å². The number of hydrogen-bond donors (Lipinski definition) is 0. The molecule has 6 nitrogen and oxygen atoms in total. The molecule has 1 unspecified atom stereocenters. The van der Waals surface area contributed by atoms with Gasteiger partial charge in [-0.15, -0.1) is 0 Å². The third-order valence-corrected chi connectivity index (χ3v) is 4.43. The zero-order valence-corrected chi connectivity index (χ0v) is 12.9. The molecule has 3 aromatic rings. The van der Waals surface area contributed by atoms with Gasteiger partial charge in [0.2, 0.25) is 0 Å². The molecule has 0 radical (unpaired) electrons. The van der Waals surface area contributed by atoms with E-state index in [0.717, 1.165) is 36.5 Å². The maximum atomic E-state index is 12.6. The van der Waals surface area contributed by atoms with Crippen molar-refractivity contribution in [3.63, 3.8) is 0 Å². The van der Waals surface area contributed by atoms with E-state index in [-0.39, 0.29) is 11.6 Å². The molecule has 0 N–H and O–H groups in total. The van der Waals surface area contributed by atoms with Crippen molar-refractivity contribution in [1.82, 2.24) is 19.5 Å². The molecule has 0 amide bonds. The third kappa shape index (κ3) is 2.27. The Morgan fingerprint density at radius 2 is 2.09 bits per heavy atom. The molecule has 4 rings (SSSR count). The fourth-order valence-electron chi connectivity index (χ4n) is 3.30. The van der Waals surface area contributed by atoms with Crippen LogP contribution in [0.5, 0.6) is 0 Å². The number of aromatic nitrogens is 4. The van der Waals surface area contributed by atoms with Crippen LogP contribution >= 0.6 is 0 Å². The summed E-state index contributed by atoms with van der Waals surface area (Å²) in [6, 6.07) is 9.46. The first-order chi connectivity index (χ1) is 11.3. The van der Waals surface area contributed by atoms with Crippen LogP contribution in [-0.2, 0) is 7.05 Å². The van der Waals surface area contributed by atoms with Crippen molar-refractivity contribution in [2.24, 2.45) is 7.05 Å². The molecule has 2 aromatic heterocycles. The van der Waals surface area contributed by atoms with E-state index in [0.29, 0.717) is 5.39 Å². The van der Waals surface area contributed by atoms with Gasteiger partial charge in [0.15, 0.2) is 0 Å². The first-order valence-electron chi connectivity index (χ1n) is 7.74. The normalized spacial score (nSPS) is 17.8. The summed E-state index contributed by atoms with van der Waals surface area (Å²) in [4.78, 5) is 27.9. The van der Waals surface area contributed by atoms with Gasteiger partial charge in [-0.1, -0.05) is 12.1 Å². The minimum atomic E-state index is 0.000127. The minimum Gasteiger partial charge on any atom is -0.346 e. The van der Waals surface area contributed by atoms with E-state index in [4.69, 9.17) is 4.98 Å². The summed E-state index contributed by atoms with van der Waals surface area (Å²) in [5.74, 6) is 1.68. The van der Waals surface area contributed by atoms with Gasteiger partial charge in [0, 0.05) is 19.8 Å². The Labute approximate surface area is 133 Å². The second-order valence-electron chi connectivity index (χ2n) is 5.77. The predicted molar refractivity (Wildman–Crippen MR) is 88.3 cm³/mol. The van der Waals surface area contributed by atoms with Gasteiger partial charge in [-0.3, -0.25) is 9.36 Å². The van der Waals surface area contributed by atoms with Crippen LogP contribution in [0.3, 0.4) is 0 Å². The highest BCUT2D eigenvalue weighted by atomic mass is 16.1. The number of anilines is 1. The van der Waals surface area contributed by atoms with E-state index in [9.17, 15) is 4.79 Å². The standard InChI is InChI=1S/C17H17N5O/c1-21-16(20-13-6-3-2-5-12(13)17(21)23)14-7-4-10-22(14)15-8-9-18-11-19-15/h2-3,5-6,8-9,11,14H,4,7,10H2,1H3. The molecule has 0 spiro atoms. The summed E-state index contributed by atoms with van der Waals surface area (Å²) in [5, 5.41) is 0.658. The van der Waals surface area contributed by atoms with Crippen LogP contribution < -0.4 is 10.5 Å². The van der Waals surface area contributed by atoms with E-state index in [1.807, 2.05) is 30.3 Å². The van der Waals surface area contributed by atoms with E-state index in [2.05, 4.69) is 14.9 Å². The van der Waals surface area contributed by atoms with E-state index < -0.39 is 0 Å².